The number of nitrogens with one attached hydrogen (secondary N) is 2. The predicted molar refractivity (Wildman–Crippen MR) is 117 cm³/mol. The van der Waals surface area contributed by atoms with Crippen LogP contribution in [0.3, 0.4) is 0 Å². The van der Waals surface area contributed by atoms with Crippen molar-refractivity contribution < 1.29 is 19.4 Å². The number of aliphatic hydroxyl groups is 1. The molecule has 0 aromatic heterocycles. The predicted octanol–water partition coefficient (Wildman–Crippen LogP) is 2.98. The normalized spacial score (nSPS) is 11.5. The largest absolute Gasteiger partial charge is 0.489 e. The van der Waals surface area contributed by atoms with Crippen LogP contribution in [0.25, 0.3) is 0 Å². The van der Waals surface area contributed by atoms with Gasteiger partial charge in [-0.05, 0) is 42.5 Å². The monoisotopic (exact) mass is 412 g/mol. The van der Waals surface area contributed by atoms with Crippen molar-refractivity contribution in [3.8, 4) is 5.75 Å². The summed E-state index contributed by atoms with van der Waals surface area (Å²) in [5.74, 6) is 0.417. The highest BCUT2D eigenvalue weighted by Crippen LogP contribution is 2.15. The summed E-state index contributed by atoms with van der Waals surface area (Å²) in [4.78, 5) is 24.6. The molecule has 6 nitrogen and oxygen atoms in total. The Labute approximate surface area is 178 Å². The van der Waals surface area contributed by atoms with Gasteiger partial charge in [-0.25, -0.2) is 0 Å². The van der Waals surface area contributed by atoms with Gasteiger partial charge in [-0.15, -0.1) is 0 Å². The highest BCUT2D eigenvalue weighted by atomic mass is 16.5. The number of benzene rings is 2. The van der Waals surface area contributed by atoms with Crippen LogP contribution in [-0.4, -0.2) is 36.1 Å². The molecule has 0 unspecified atom stereocenters. The molecule has 0 heterocycles. The first-order chi connectivity index (χ1) is 14.6. The zero-order valence-corrected chi connectivity index (χ0v) is 17.6. The van der Waals surface area contributed by atoms with Gasteiger partial charge in [0.15, 0.2) is 0 Å². The molecule has 30 heavy (non-hydrogen) atoms. The first-order valence-corrected chi connectivity index (χ1v) is 10.6. The molecule has 3 N–H and O–H groups in total. The number of hydrogen-bond donors (Lipinski definition) is 3. The van der Waals surface area contributed by atoms with E-state index in [1.54, 1.807) is 0 Å². The Hall–Kier alpha value is -2.86. The van der Waals surface area contributed by atoms with Crippen molar-refractivity contribution in [2.45, 2.75) is 51.7 Å². The molecule has 162 valence electrons. The summed E-state index contributed by atoms with van der Waals surface area (Å²) < 4.78 is 5.80. The lowest BCUT2D eigenvalue weighted by Gasteiger charge is -2.19. The van der Waals surface area contributed by atoms with E-state index in [4.69, 9.17) is 9.84 Å². The van der Waals surface area contributed by atoms with Crippen LogP contribution < -0.4 is 15.4 Å². The molecule has 2 rings (SSSR count). The number of hydrogen-bond acceptors (Lipinski definition) is 4. The third-order valence-corrected chi connectivity index (χ3v) is 4.62. The summed E-state index contributed by atoms with van der Waals surface area (Å²) in [6, 6.07) is 16.9. The SMILES string of the molecule is CCCC(=O)N[C@@H](Cc1ccc(OCc2ccccc2)cc1)C(=O)NCCCCO. The Balaban J connectivity index is 1.93. The summed E-state index contributed by atoms with van der Waals surface area (Å²) >= 11 is 0. The highest BCUT2D eigenvalue weighted by Gasteiger charge is 2.20. The van der Waals surface area contributed by atoms with Gasteiger partial charge in [0.2, 0.25) is 11.8 Å². The van der Waals surface area contributed by atoms with Gasteiger partial charge in [0.25, 0.3) is 0 Å². The van der Waals surface area contributed by atoms with Gasteiger partial charge in [-0.2, -0.15) is 0 Å². The van der Waals surface area contributed by atoms with Gasteiger partial charge in [0.1, 0.15) is 18.4 Å². The minimum atomic E-state index is -0.630. The van der Waals surface area contributed by atoms with E-state index in [-0.39, 0.29) is 18.4 Å². The van der Waals surface area contributed by atoms with E-state index >= 15 is 0 Å². The maximum atomic E-state index is 12.6. The number of carbonyl (C=O) groups is 2. The van der Waals surface area contributed by atoms with Gasteiger partial charge >= 0.3 is 0 Å². The number of amides is 2. The van der Waals surface area contributed by atoms with E-state index in [0.717, 1.165) is 23.3 Å². The summed E-state index contributed by atoms with van der Waals surface area (Å²) in [6.07, 6.45) is 2.85. The molecule has 0 saturated carbocycles. The summed E-state index contributed by atoms with van der Waals surface area (Å²) in [5.41, 5.74) is 2.03. The van der Waals surface area contributed by atoms with Gasteiger partial charge < -0.3 is 20.5 Å². The van der Waals surface area contributed by atoms with Gasteiger partial charge in [0, 0.05) is 26.0 Å². The lowest BCUT2D eigenvalue weighted by atomic mass is 10.0. The van der Waals surface area contributed by atoms with Gasteiger partial charge in [0.05, 0.1) is 0 Å². The number of unbranched alkanes of at least 4 members (excludes halogenated alkanes) is 1. The summed E-state index contributed by atoms with van der Waals surface area (Å²) in [6.45, 7) is 3.00. The highest BCUT2D eigenvalue weighted by molar-refractivity contribution is 5.87. The molecule has 1 atom stereocenters. The molecule has 0 aliphatic heterocycles. The molecule has 2 aromatic rings. The molecule has 0 bridgehead atoms. The van der Waals surface area contributed by atoms with Crippen LogP contribution in [0, 0.1) is 0 Å². The van der Waals surface area contributed by atoms with E-state index in [1.165, 1.54) is 0 Å². The molecule has 0 fully saturated rings. The molecule has 0 aliphatic rings. The number of carbonyl (C=O) groups excluding carboxylic acids is 2. The lowest BCUT2D eigenvalue weighted by Crippen LogP contribution is -2.48. The zero-order chi connectivity index (χ0) is 21.6. The van der Waals surface area contributed by atoms with Crippen molar-refractivity contribution in [1.82, 2.24) is 10.6 Å². The second kappa shape index (κ2) is 13.4. The number of rotatable bonds is 13. The fraction of sp³-hybridized carbons (Fsp3) is 0.417. The Morgan fingerprint density at radius 3 is 2.40 bits per heavy atom. The Kier molecular flexibility index (Phi) is 10.4. The minimum Gasteiger partial charge on any atom is -0.489 e. The average Bonchev–Trinajstić information content (AvgIpc) is 2.76. The topological polar surface area (TPSA) is 87.7 Å². The van der Waals surface area contributed by atoms with Crippen molar-refractivity contribution >= 4 is 11.8 Å². The van der Waals surface area contributed by atoms with E-state index in [0.29, 0.717) is 38.8 Å². The molecule has 6 heteroatoms. The Morgan fingerprint density at radius 1 is 1.00 bits per heavy atom. The third kappa shape index (κ3) is 8.66. The van der Waals surface area contributed by atoms with Gasteiger partial charge in [-0.1, -0.05) is 49.4 Å². The standard InChI is InChI=1S/C24H32N2O4/c1-2-8-23(28)26-22(24(29)25-15-6-7-16-27)17-19-11-13-21(14-12-19)30-18-20-9-4-3-5-10-20/h3-5,9-14,22,27H,2,6-8,15-18H2,1H3,(H,25,29)(H,26,28)/t22-/m0/s1. The quantitative estimate of drug-likeness (QED) is 0.442. The fourth-order valence-corrected chi connectivity index (χ4v) is 2.97. The maximum Gasteiger partial charge on any atom is 0.242 e. The van der Waals surface area contributed by atoms with Crippen LogP contribution >= 0.6 is 0 Å². The van der Waals surface area contributed by atoms with Crippen molar-refractivity contribution in [3.05, 3.63) is 65.7 Å². The summed E-state index contributed by atoms with van der Waals surface area (Å²) in [5, 5.41) is 14.5. The van der Waals surface area contributed by atoms with E-state index in [9.17, 15) is 9.59 Å². The van der Waals surface area contributed by atoms with Crippen LogP contribution in [0.5, 0.6) is 5.75 Å². The second-order valence-electron chi connectivity index (χ2n) is 7.21. The Morgan fingerprint density at radius 2 is 1.73 bits per heavy atom. The molecule has 0 spiro atoms. The minimum absolute atomic E-state index is 0.102. The average molecular weight is 413 g/mol. The van der Waals surface area contributed by atoms with E-state index in [2.05, 4.69) is 10.6 Å². The van der Waals surface area contributed by atoms with Crippen molar-refractivity contribution in [2.75, 3.05) is 13.2 Å². The van der Waals surface area contributed by atoms with Gasteiger partial charge in [-0.3, -0.25) is 9.59 Å². The third-order valence-electron chi connectivity index (χ3n) is 4.62. The molecule has 2 amide bonds. The van der Waals surface area contributed by atoms with Crippen LogP contribution in [0.4, 0.5) is 0 Å². The van der Waals surface area contributed by atoms with E-state index in [1.807, 2.05) is 61.5 Å². The van der Waals surface area contributed by atoms with Crippen molar-refractivity contribution in [3.63, 3.8) is 0 Å². The maximum absolute atomic E-state index is 12.6. The molecule has 0 saturated heterocycles. The molecule has 0 radical (unpaired) electrons. The molecule has 2 aromatic carbocycles. The van der Waals surface area contributed by atoms with Crippen LogP contribution in [-0.2, 0) is 22.6 Å². The Bertz CT molecular complexity index is 763. The molecular formula is C24H32N2O4. The zero-order valence-electron chi connectivity index (χ0n) is 17.6. The molecular weight excluding hydrogens is 380 g/mol. The fourth-order valence-electron chi connectivity index (χ4n) is 2.97. The van der Waals surface area contributed by atoms with E-state index < -0.39 is 6.04 Å². The first kappa shape index (κ1) is 23.4. The lowest BCUT2D eigenvalue weighted by molar-refractivity contribution is -0.129. The number of aliphatic hydroxyl groups excluding tert-OH is 1. The smallest absolute Gasteiger partial charge is 0.242 e. The van der Waals surface area contributed by atoms with Crippen molar-refractivity contribution in [1.29, 1.82) is 0 Å². The van der Waals surface area contributed by atoms with Crippen LogP contribution in [0.2, 0.25) is 0 Å². The second-order valence-corrected chi connectivity index (χ2v) is 7.21. The van der Waals surface area contributed by atoms with Crippen molar-refractivity contribution in [2.24, 2.45) is 0 Å². The number of ether oxygens (including phenoxy) is 1. The summed E-state index contributed by atoms with van der Waals surface area (Å²) in [7, 11) is 0. The first-order valence-electron chi connectivity index (χ1n) is 10.6. The van der Waals surface area contributed by atoms with Crippen LogP contribution in [0.15, 0.2) is 54.6 Å². The van der Waals surface area contributed by atoms with Crippen LogP contribution in [0.1, 0.15) is 43.7 Å². The molecule has 0 aliphatic carbocycles.